The van der Waals surface area contributed by atoms with Gasteiger partial charge in [0.1, 0.15) is 11.5 Å². The van der Waals surface area contributed by atoms with E-state index in [1.807, 2.05) is 43.3 Å². The van der Waals surface area contributed by atoms with Gasteiger partial charge in [-0.15, -0.1) is 0 Å². The molecular formula is C23H18FN3O2. The van der Waals surface area contributed by atoms with Crippen molar-refractivity contribution in [3.05, 3.63) is 90.0 Å². The number of benzene rings is 2. The predicted molar refractivity (Wildman–Crippen MR) is 109 cm³/mol. The second-order valence-electron chi connectivity index (χ2n) is 6.66. The number of anilines is 1. The van der Waals surface area contributed by atoms with Crippen LogP contribution in [0.25, 0.3) is 22.4 Å². The Hall–Kier alpha value is -3.80. The molecule has 0 saturated heterocycles. The largest absolute Gasteiger partial charge is 0.337 e. The summed E-state index contributed by atoms with van der Waals surface area (Å²) in [5, 5.41) is 6.93. The Morgan fingerprint density at radius 2 is 1.83 bits per heavy atom. The molecule has 144 valence electrons. The summed E-state index contributed by atoms with van der Waals surface area (Å²) in [6.45, 7) is 1.99. The molecule has 29 heavy (non-hydrogen) atoms. The molecule has 0 aliphatic rings. The van der Waals surface area contributed by atoms with Crippen molar-refractivity contribution in [3.8, 4) is 22.4 Å². The van der Waals surface area contributed by atoms with Gasteiger partial charge < -0.3 is 4.52 Å². The zero-order valence-corrected chi connectivity index (χ0v) is 15.7. The van der Waals surface area contributed by atoms with E-state index >= 15 is 0 Å². The molecule has 1 N–H and O–H groups in total. The van der Waals surface area contributed by atoms with Gasteiger partial charge in [-0.2, -0.15) is 0 Å². The Labute approximate surface area is 167 Å². The van der Waals surface area contributed by atoms with E-state index in [4.69, 9.17) is 4.52 Å². The van der Waals surface area contributed by atoms with Crippen molar-refractivity contribution in [2.24, 2.45) is 0 Å². The molecule has 4 aromatic rings. The molecule has 2 aromatic heterocycles. The first-order valence-electron chi connectivity index (χ1n) is 9.12. The molecule has 2 aromatic carbocycles. The number of carbonyl (C=O) groups is 1. The highest BCUT2D eigenvalue weighted by atomic mass is 19.1. The van der Waals surface area contributed by atoms with E-state index in [-0.39, 0.29) is 12.3 Å². The van der Waals surface area contributed by atoms with Gasteiger partial charge in [0.05, 0.1) is 12.0 Å². The average molecular weight is 387 g/mol. The molecule has 0 unspecified atom stereocenters. The summed E-state index contributed by atoms with van der Waals surface area (Å²) in [7, 11) is 0. The molecular weight excluding hydrogens is 369 g/mol. The van der Waals surface area contributed by atoms with Gasteiger partial charge in [-0.25, -0.2) is 4.39 Å². The van der Waals surface area contributed by atoms with Crippen molar-refractivity contribution < 1.29 is 13.7 Å². The molecule has 0 saturated carbocycles. The van der Waals surface area contributed by atoms with Crippen LogP contribution in [0.1, 0.15) is 11.1 Å². The monoisotopic (exact) mass is 387 g/mol. The summed E-state index contributed by atoms with van der Waals surface area (Å²) in [6, 6.07) is 17.7. The number of aromatic nitrogens is 2. The van der Waals surface area contributed by atoms with Crippen LogP contribution in [0.5, 0.6) is 0 Å². The summed E-state index contributed by atoms with van der Waals surface area (Å²) in [6.07, 6.45) is 3.21. The van der Waals surface area contributed by atoms with Gasteiger partial charge in [0.15, 0.2) is 0 Å². The molecule has 6 heteroatoms. The van der Waals surface area contributed by atoms with Crippen LogP contribution in [0.4, 0.5) is 10.3 Å². The van der Waals surface area contributed by atoms with Gasteiger partial charge in [-0.3, -0.25) is 15.1 Å². The predicted octanol–water partition coefficient (Wildman–Crippen LogP) is 5.03. The standard InChI is InChI=1S/C23H18FN3O2/c1-15-5-4-7-18(13-15)22-21(16-9-11-25-12-10-16)23(29-27-22)26-20(28)14-17-6-2-3-8-19(17)24/h2-13H,14H2,1H3,(H,26,28). The van der Waals surface area contributed by atoms with Gasteiger partial charge in [-0.1, -0.05) is 47.1 Å². The van der Waals surface area contributed by atoms with Gasteiger partial charge >= 0.3 is 0 Å². The zero-order valence-electron chi connectivity index (χ0n) is 15.7. The Morgan fingerprint density at radius 3 is 2.59 bits per heavy atom. The van der Waals surface area contributed by atoms with Crippen LogP contribution in [-0.2, 0) is 11.2 Å². The minimum atomic E-state index is -0.421. The molecule has 4 rings (SSSR count). The highest BCUT2D eigenvalue weighted by molar-refractivity contribution is 5.97. The summed E-state index contributed by atoms with van der Waals surface area (Å²) in [5.74, 6) is -0.596. The summed E-state index contributed by atoms with van der Waals surface area (Å²) in [5.41, 5.74) is 4.33. The quantitative estimate of drug-likeness (QED) is 0.521. The molecule has 2 heterocycles. The summed E-state index contributed by atoms with van der Waals surface area (Å²) >= 11 is 0. The lowest BCUT2D eigenvalue weighted by Crippen LogP contribution is -2.15. The fraction of sp³-hybridized carbons (Fsp3) is 0.0870. The first-order valence-corrected chi connectivity index (χ1v) is 9.12. The minimum Gasteiger partial charge on any atom is -0.337 e. The number of pyridine rings is 1. The molecule has 0 aliphatic heterocycles. The van der Waals surface area contributed by atoms with Crippen LogP contribution < -0.4 is 5.32 Å². The van der Waals surface area contributed by atoms with Gasteiger partial charge in [-0.05, 0) is 42.3 Å². The smallest absolute Gasteiger partial charge is 0.239 e. The average Bonchev–Trinajstić information content (AvgIpc) is 3.14. The fourth-order valence-corrected chi connectivity index (χ4v) is 3.14. The number of aryl methyl sites for hydroxylation is 1. The third kappa shape index (κ3) is 4.06. The molecule has 0 aliphatic carbocycles. The normalized spacial score (nSPS) is 10.7. The minimum absolute atomic E-state index is 0.108. The number of nitrogens with zero attached hydrogens (tertiary/aromatic N) is 2. The van der Waals surface area contributed by atoms with Gasteiger partial charge in [0.25, 0.3) is 0 Å². The van der Waals surface area contributed by atoms with Crippen LogP contribution in [0, 0.1) is 12.7 Å². The number of hydrogen-bond acceptors (Lipinski definition) is 4. The van der Waals surface area contributed by atoms with Crippen molar-refractivity contribution in [1.29, 1.82) is 0 Å². The number of rotatable bonds is 5. The second kappa shape index (κ2) is 8.06. The maximum absolute atomic E-state index is 13.9. The summed E-state index contributed by atoms with van der Waals surface area (Å²) in [4.78, 5) is 16.6. The van der Waals surface area contributed by atoms with E-state index in [1.54, 1.807) is 30.6 Å². The first kappa shape index (κ1) is 18.6. The topological polar surface area (TPSA) is 68.0 Å². The first-order chi connectivity index (χ1) is 14.1. The fourth-order valence-electron chi connectivity index (χ4n) is 3.14. The third-order valence-electron chi connectivity index (χ3n) is 4.51. The van der Waals surface area contributed by atoms with Crippen molar-refractivity contribution >= 4 is 11.8 Å². The van der Waals surface area contributed by atoms with E-state index in [1.165, 1.54) is 6.07 Å². The van der Waals surface area contributed by atoms with E-state index in [0.717, 1.165) is 16.7 Å². The highest BCUT2D eigenvalue weighted by Gasteiger charge is 2.21. The molecule has 5 nitrogen and oxygen atoms in total. The Balaban J connectivity index is 1.70. The van der Waals surface area contributed by atoms with E-state index < -0.39 is 11.7 Å². The van der Waals surface area contributed by atoms with Crippen molar-refractivity contribution in [1.82, 2.24) is 10.1 Å². The number of hydrogen-bond donors (Lipinski definition) is 1. The lowest BCUT2D eigenvalue weighted by atomic mass is 10.0. The second-order valence-corrected chi connectivity index (χ2v) is 6.66. The maximum atomic E-state index is 13.9. The SMILES string of the molecule is Cc1cccc(-c2noc(NC(=O)Cc3ccccc3F)c2-c2ccncc2)c1. The molecule has 0 fully saturated rings. The zero-order chi connectivity index (χ0) is 20.2. The van der Waals surface area contributed by atoms with E-state index in [0.29, 0.717) is 16.8 Å². The van der Waals surface area contributed by atoms with Crippen molar-refractivity contribution in [2.75, 3.05) is 5.32 Å². The Morgan fingerprint density at radius 1 is 1.03 bits per heavy atom. The Kier molecular flexibility index (Phi) is 5.16. The van der Waals surface area contributed by atoms with Crippen LogP contribution in [0.2, 0.25) is 0 Å². The molecule has 0 spiro atoms. The molecule has 0 radical (unpaired) electrons. The lowest BCUT2D eigenvalue weighted by molar-refractivity contribution is -0.115. The van der Waals surface area contributed by atoms with E-state index in [9.17, 15) is 9.18 Å². The highest BCUT2D eigenvalue weighted by Crippen LogP contribution is 2.37. The number of carbonyl (C=O) groups excluding carboxylic acids is 1. The summed E-state index contributed by atoms with van der Waals surface area (Å²) < 4.78 is 19.4. The van der Waals surface area contributed by atoms with Crippen molar-refractivity contribution in [3.63, 3.8) is 0 Å². The maximum Gasteiger partial charge on any atom is 0.239 e. The Bertz CT molecular complexity index is 1160. The van der Waals surface area contributed by atoms with Crippen LogP contribution in [0.15, 0.2) is 77.6 Å². The third-order valence-corrected chi connectivity index (χ3v) is 4.51. The van der Waals surface area contributed by atoms with Gasteiger partial charge in [0, 0.05) is 18.0 Å². The number of nitrogens with one attached hydrogen (secondary N) is 1. The van der Waals surface area contributed by atoms with Crippen molar-refractivity contribution in [2.45, 2.75) is 13.3 Å². The van der Waals surface area contributed by atoms with Crippen LogP contribution >= 0.6 is 0 Å². The van der Waals surface area contributed by atoms with E-state index in [2.05, 4.69) is 15.5 Å². The number of amides is 1. The molecule has 0 bridgehead atoms. The number of halogens is 1. The van der Waals surface area contributed by atoms with Crippen LogP contribution in [0.3, 0.4) is 0 Å². The van der Waals surface area contributed by atoms with Crippen LogP contribution in [-0.4, -0.2) is 16.0 Å². The lowest BCUT2D eigenvalue weighted by Gasteiger charge is -2.07. The molecule has 0 atom stereocenters. The van der Waals surface area contributed by atoms with Gasteiger partial charge in [0.2, 0.25) is 11.8 Å². The molecule has 1 amide bonds.